The summed E-state index contributed by atoms with van der Waals surface area (Å²) in [6.07, 6.45) is 6.74. The summed E-state index contributed by atoms with van der Waals surface area (Å²) in [6, 6.07) is 10.6. The minimum absolute atomic E-state index is 0.181. The Kier molecular flexibility index (Phi) is 5.74. The number of benzene rings is 1. The van der Waals surface area contributed by atoms with E-state index in [1.807, 2.05) is 30.5 Å². The number of pyridine rings is 1. The molecular formula is C22H23N7O2. The Morgan fingerprint density at radius 3 is 2.68 bits per heavy atom. The Bertz CT molecular complexity index is 1180. The molecule has 0 saturated heterocycles. The van der Waals surface area contributed by atoms with Gasteiger partial charge >= 0.3 is 0 Å². The normalized spacial score (nSPS) is 12.1. The molecule has 0 unspecified atom stereocenters. The first kappa shape index (κ1) is 20.3. The Hall–Kier alpha value is -4.01. The van der Waals surface area contributed by atoms with E-state index in [4.69, 9.17) is 0 Å². The van der Waals surface area contributed by atoms with Crippen LogP contribution in [0.2, 0.25) is 0 Å². The first-order valence-corrected chi connectivity index (χ1v) is 9.98. The van der Waals surface area contributed by atoms with Crippen molar-refractivity contribution in [3.05, 3.63) is 67.0 Å². The second kappa shape index (κ2) is 8.78. The smallest absolute Gasteiger partial charge is 0.247 e. The molecule has 0 saturated carbocycles. The lowest BCUT2D eigenvalue weighted by Gasteiger charge is -2.19. The van der Waals surface area contributed by atoms with Gasteiger partial charge in [0, 0.05) is 29.4 Å². The predicted octanol–water partition coefficient (Wildman–Crippen LogP) is 2.47. The van der Waals surface area contributed by atoms with Crippen LogP contribution in [0, 0.1) is 5.92 Å². The summed E-state index contributed by atoms with van der Waals surface area (Å²) in [4.78, 5) is 36.8. The molecule has 2 amide bonds. The van der Waals surface area contributed by atoms with Crippen LogP contribution in [0.15, 0.2) is 61.4 Å². The van der Waals surface area contributed by atoms with Crippen molar-refractivity contribution in [3.8, 4) is 5.82 Å². The van der Waals surface area contributed by atoms with Crippen LogP contribution < -0.4 is 10.6 Å². The largest absolute Gasteiger partial charge is 0.361 e. The van der Waals surface area contributed by atoms with Crippen molar-refractivity contribution in [1.82, 2.24) is 30.0 Å². The lowest BCUT2D eigenvalue weighted by Crippen LogP contribution is -2.46. The average Bonchev–Trinajstić information content (AvgIpc) is 3.44. The Labute approximate surface area is 178 Å². The maximum atomic E-state index is 13.1. The quantitative estimate of drug-likeness (QED) is 0.427. The van der Waals surface area contributed by atoms with Crippen molar-refractivity contribution in [1.29, 1.82) is 0 Å². The molecule has 3 heterocycles. The van der Waals surface area contributed by atoms with Crippen molar-refractivity contribution >= 4 is 28.4 Å². The first-order chi connectivity index (χ1) is 15.0. The molecule has 0 bridgehead atoms. The zero-order chi connectivity index (χ0) is 21.8. The van der Waals surface area contributed by atoms with Crippen molar-refractivity contribution in [2.24, 2.45) is 5.92 Å². The number of nitrogens with one attached hydrogen (secondary N) is 3. The van der Waals surface area contributed by atoms with Crippen molar-refractivity contribution in [2.45, 2.75) is 26.3 Å². The van der Waals surface area contributed by atoms with E-state index in [9.17, 15) is 9.59 Å². The van der Waals surface area contributed by atoms with E-state index in [2.05, 4.69) is 30.7 Å². The van der Waals surface area contributed by atoms with Gasteiger partial charge in [-0.1, -0.05) is 32.0 Å². The second-order valence-corrected chi connectivity index (χ2v) is 7.51. The van der Waals surface area contributed by atoms with Crippen molar-refractivity contribution < 1.29 is 9.59 Å². The number of aromatic amines is 1. The number of rotatable bonds is 7. The van der Waals surface area contributed by atoms with Crippen molar-refractivity contribution in [3.63, 3.8) is 0 Å². The number of H-pyrrole nitrogens is 1. The lowest BCUT2D eigenvalue weighted by molar-refractivity contribution is -0.128. The van der Waals surface area contributed by atoms with Crippen molar-refractivity contribution in [2.75, 3.05) is 5.32 Å². The summed E-state index contributed by atoms with van der Waals surface area (Å²) < 4.78 is 1.52. The molecule has 9 nitrogen and oxygen atoms in total. The summed E-state index contributed by atoms with van der Waals surface area (Å²) in [6.45, 7) is 3.59. The molecule has 4 aromatic rings. The average molecular weight is 417 g/mol. The molecule has 31 heavy (non-hydrogen) atoms. The second-order valence-electron chi connectivity index (χ2n) is 7.51. The van der Waals surface area contributed by atoms with Gasteiger partial charge in [0.25, 0.3) is 0 Å². The SMILES string of the molecule is CC(C)C(=O)N[C@@H](Cc1c[nH]c2ccccc12)C(=O)Nc1ccc(-n2cncn2)nc1. The number of anilines is 1. The molecule has 0 aliphatic rings. The van der Waals surface area contributed by atoms with Crippen LogP contribution in [0.5, 0.6) is 0 Å². The molecule has 4 rings (SSSR count). The number of nitrogens with zero attached hydrogens (tertiary/aromatic N) is 4. The van der Waals surface area contributed by atoms with Gasteiger partial charge in [-0.05, 0) is 23.8 Å². The molecule has 3 aromatic heterocycles. The fourth-order valence-corrected chi connectivity index (χ4v) is 3.22. The van der Waals surface area contributed by atoms with Crippen LogP contribution in [-0.4, -0.2) is 42.6 Å². The summed E-state index contributed by atoms with van der Waals surface area (Å²) >= 11 is 0. The van der Waals surface area contributed by atoms with Crippen LogP contribution in [0.4, 0.5) is 5.69 Å². The predicted molar refractivity (Wildman–Crippen MR) is 117 cm³/mol. The number of carbonyl (C=O) groups excluding carboxylic acids is 2. The summed E-state index contributed by atoms with van der Waals surface area (Å²) in [5.41, 5.74) is 2.47. The van der Waals surface area contributed by atoms with Crippen LogP contribution in [-0.2, 0) is 16.0 Å². The van der Waals surface area contributed by atoms with Gasteiger partial charge in [0.2, 0.25) is 11.8 Å². The highest BCUT2D eigenvalue weighted by molar-refractivity contribution is 5.98. The van der Waals surface area contributed by atoms with Gasteiger partial charge in [-0.2, -0.15) is 5.10 Å². The van der Waals surface area contributed by atoms with Gasteiger partial charge in [-0.25, -0.2) is 14.6 Å². The monoisotopic (exact) mass is 417 g/mol. The molecule has 1 aromatic carbocycles. The summed E-state index contributed by atoms with van der Waals surface area (Å²) in [5.74, 6) is -0.143. The minimum atomic E-state index is -0.732. The third-order valence-electron chi connectivity index (χ3n) is 4.93. The molecule has 0 radical (unpaired) electrons. The van der Waals surface area contributed by atoms with Crippen LogP contribution in [0.1, 0.15) is 19.4 Å². The summed E-state index contributed by atoms with van der Waals surface area (Å²) in [5, 5.41) is 10.8. The number of hydrogen-bond acceptors (Lipinski definition) is 5. The first-order valence-electron chi connectivity index (χ1n) is 9.98. The number of carbonyl (C=O) groups is 2. The summed E-state index contributed by atoms with van der Waals surface area (Å²) in [7, 11) is 0. The third-order valence-corrected chi connectivity index (χ3v) is 4.93. The highest BCUT2D eigenvalue weighted by Gasteiger charge is 2.24. The van der Waals surface area contributed by atoms with Gasteiger partial charge in [0.15, 0.2) is 5.82 Å². The molecule has 3 N–H and O–H groups in total. The maximum Gasteiger partial charge on any atom is 0.247 e. The molecule has 0 aliphatic carbocycles. The van der Waals surface area contributed by atoms with E-state index in [0.29, 0.717) is 17.9 Å². The van der Waals surface area contributed by atoms with E-state index < -0.39 is 6.04 Å². The number of aromatic nitrogens is 5. The zero-order valence-corrected chi connectivity index (χ0v) is 17.2. The highest BCUT2D eigenvalue weighted by Crippen LogP contribution is 2.20. The van der Waals surface area contributed by atoms with Gasteiger partial charge < -0.3 is 15.6 Å². The fraction of sp³-hybridized carbons (Fsp3) is 0.227. The number of fused-ring (bicyclic) bond motifs is 1. The zero-order valence-electron chi connectivity index (χ0n) is 17.2. The van der Waals surface area contributed by atoms with Gasteiger partial charge in [0.05, 0.1) is 11.9 Å². The Morgan fingerprint density at radius 2 is 1.97 bits per heavy atom. The van der Waals surface area contributed by atoms with Crippen LogP contribution in [0.3, 0.4) is 0 Å². The lowest BCUT2D eigenvalue weighted by atomic mass is 10.0. The van der Waals surface area contributed by atoms with E-state index in [-0.39, 0.29) is 17.7 Å². The van der Waals surface area contributed by atoms with E-state index >= 15 is 0 Å². The van der Waals surface area contributed by atoms with E-state index in [0.717, 1.165) is 16.5 Å². The minimum Gasteiger partial charge on any atom is -0.361 e. The molecule has 0 aliphatic heterocycles. The van der Waals surface area contributed by atoms with Crippen LogP contribution in [0.25, 0.3) is 16.7 Å². The number of amides is 2. The van der Waals surface area contributed by atoms with Gasteiger partial charge in [-0.15, -0.1) is 0 Å². The number of hydrogen-bond donors (Lipinski definition) is 3. The fourth-order valence-electron chi connectivity index (χ4n) is 3.22. The van der Waals surface area contributed by atoms with E-state index in [1.165, 1.54) is 11.0 Å². The molecule has 0 fully saturated rings. The molecule has 1 atom stereocenters. The molecule has 158 valence electrons. The molecule has 0 spiro atoms. The molecular weight excluding hydrogens is 394 g/mol. The third kappa shape index (κ3) is 4.61. The van der Waals surface area contributed by atoms with Gasteiger partial charge in [0.1, 0.15) is 18.7 Å². The van der Waals surface area contributed by atoms with E-state index in [1.54, 1.807) is 38.5 Å². The Balaban J connectivity index is 1.52. The number of para-hydroxylation sites is 1. The van der Waals surface area contributed by atoms with Gasteiger partial charge in [-0.3, -0.25) is 9.59 Å². The maximum absolute atomic E-state index is 13.1. The van der Waals surface area contributed by atoms with Crippen LogP contribution >= 0.6 is 0 Å². The Morgan fingerprint density at radius 1 is 1.13 bits per heavy atom. The topological polar surface area (TPSA) is 118 Å². The standard InChI is InChI=1S/C22H23N7O2/c1-14(2)21(30)28-19(9-15-10-24-18-6-4-3-5-17(15)18)22(31)27-16-7-8-20(25-11-16)29-13-23-12-26-29/h3-8,10-14,19,24H,9H2,1-2H3,(H,27,31)(H,28,30)/t19-/m0/s1. The molecule has 9 heteroatoms. The highest BCUT2D eigenvalue weighted by atomic mass is 16.2.